The lowest BCUT2D eigenvalue weighted by Crippen LogP contribution is -2.39. The minimum atomic E-state index is 0.131. The smallest absolute Gasteiger partial charge is 0.0876 e. The molecule has 0 spiro atoms. The van der Waals surface area contributed by atoms with E-state index < -0.39 is 0 Å². The number of hydrazine groups is 1. The number of nitrogens with one attached hydrogen (secondary N) is 1. The van der Waals surface area contributed by atoms with Gasteiger partial charge in [-0.2, -0.15) is 5.10 Å². The van der Waals surface area contributed by atoms with Crippen LogP contribution in [0.4, 0.5) is 0 Å². The Labute approximate surface area is 108 Å². The molecule has 0 amide bonds. The van der Waals surface area contributed by atoms with E-state index in [1.807, 2.05) is 24.9 Å². The SMILES string of the molecule is Cc1nn(C)c(C)c1CC(NN)C1=COCCC1. The molecule has 1 aromatic heterocycles. The maximum Gasteiger partial charge on any atom is 0.0876 e. The van der Waals surface area contributed by atoms with Gasteiger partial charge in [0.2, 0.25) is 0 Å². The topological polar surface area (TPSA) is 65.1 Å². The molecule has 5 nitrogen and oxygen atoms in total. The number of aromatic nitrogens is 2. The molecule has 2 heterocycles. The predicted molar refractivity (Wildman–Crippen MR) is 70.8 cm³/mol. The summed E-state index contributed by atoms with van der Waals surface area (Å²) in [6.07, 6.45) is 4.83. The number of aryl methyl sites for hydroxylation is 2. The van der Waals surface area contributed by atoms with E-state index in [1.54, 1.807) is 0 Å². The Hall–Kier alpha value is -1.33. The Kier molecular flexibility index (Phi) is 4.04. The monoisotopic (exact) mass is 250 g/mol. The second-order valence-corrected chi connectivity index (χ2v) is 4.86. The van der Waals surface area contributed by atoms with E-state index >= 15 is 0 Å². The van der Waals surface area contributed by atoms with Crippen LogP contribution in [0.1, 0.15) is 29.8 Å². The number of hydrogen-bond donors (Lipinski definition) is 2. The van der Waals surface area contributed by atoms with Gasteiger partial charge in [-0.15, -0.1) is 0 Å². The molecule has 1 aromatic rings. The summed E-state index contributed by atoms with van der Waals surface area (Å²) in [6.45, 7) is 4.95. The Balaban J connectivity index is 2.17. The summed E-state index contributed by atoms with van der Waals surface area (Å²) in [5, 5.41) is 4.44. The molecule has 2 rings (SSSR count). The van der Waals surface area contributed by atoms with Crippen molar-refractivity contribution in [1.82, 2.24) is 15.2 Å². The van der Waals surface area contributed by atoms with Gasteiger partial charge < -0.3 is 4.74 Å². The first kappa shape index (κ1) is 13.1. The zero-order valence-electron chi connectivity index (χ0n) is 11.4. The summed E-state index contributed by atoms with van der Waals surface area (Å²) in [4.78, 5) is 0. The first-order chi connectivity index (χ1) is 8.63. The summed E-state index contributed by atoms with van der Waals surface area (Å²) >= 11 is 0. The highest BCUT2D eigenvalue weighted by molar-refractivity contribution is 5.28. The van der Waals surface area contributed by atoms with Crippen molar-refractivity contribution in [3.63, 3.8) is 0 Å². The minimum absolute atomic E-state index is 0.131. The molecular formula is C13H22N4O. The molecule has 5 heteroatoms. The van der Waals surface area contributed by atoms with E-state index in [1.165, 1.54) is 16.8 Å². The largest absolute Gasteiger partial charge is 0.501 e. The van der Waals surface area contributed by atoms with Crippen LogP contribution in [-0.4, -0.2) is 22.4 Å². The highest BCUT2D eigenvalue weighted by atomic mass is 16.5. The van der Waals surface area contributed by atoms with Crippen molar-refractivity contribution >= 4 is 0 Å². The van der Waals surface area contributed by atoms with Crippen molar-refractivity contribution in [1.29, 1.82) is 0 Å². The molecule has 3 N–H and O–H groups in total. The quantitative estimate of drug-likeness (QED) is 0.620. The van der Waals surface area contributed by atoms with Crippen LogP contribution in [0.2, 0.25) is 0 Å². The third-order valence-electron chi connectivity index (χ3n) is 3.68. The lowest BCUT2D eigenvalue weighted by Gasteiger charge is -2.22. The fraction of sp³-hybridized carbons (Fsp3) is 0.615. The second-order valence-electron chi connectivity index (χ2n) is 4.86. The van der Waals surface area contributed by atoms with Crippen molar-refractivity contribution in [2.45, 2.75) is 39.2 Å². The van der Waals surface area contributed by atoms with E-state index in [-0.39, 0.29) is 6.04 Å². The van der Waals surface area contributed by atoms with Gasteiger partial charge in [-0.25, -0.2) is 0 Å². The van der Waals surface area contributed by atoms with Crippen LogP contribution in [-0.2, 0) is 18.2 Å². The zero-order valence-corrected chi connectivity index (χ0v) is 11.4. The van der Waals surface area contributed by atoms with Crippen LogP contribution in [0, 0.1) is 13.8 Å². The molecule has 1 aliphatic rings. The molecule has 1 atom stereocenters. The van der Waals surface area contributed by atoms with E-state index in [4.69, 9.17) is 10.6 Å². The minimum Gasteiger partial charge on any atom is -0.501 e. The fourth-order valence-electron chi connectivity index (χ4n) is 2.45. The van der Waals surface area contributed by atoms with Gasteiger partial charge in [0, 0.05) is 18.8 Å². The zero-order chi connectivity index (χ0) is 13.1. The molecule has 1 aliphatic heterocycles. The van der Waals surface area contributed by atoms with Crippen molar-refractivity contribution in [2.75, 3.05) is 6.61 Å². The van der Waals surface area contributed by atoms with Crippen LogP contribution in [0.15, 0.2) is 11.8 Å². The van der Waals surface area contributed by atoms with Gasteiger partial charge in [0.25, 0.3) is 0 Å². The fourth-order valence-corrected chi connectivity index (χ4v) is 2.45. The van der Waals surface area contributed by atoms with Crippen molar-refractivity contribution < 1.29 is 4.74 Å². The third-order valence-corrected chi connectivity index (χ3v) is 3.68. The Bertz CT molecular complexity index is 450. The van der Waals surface area contributed by atoms with Gasteiger partial charge in [0.15, 0.2) is 0 Å². The van der Waals surface area contributed by atoms with Crippen LogP contribution in [0.3, 0.4) is 0 Å². The van der Waals surface area contributed by atoms with Crippen molar-refractivity contribution in [3.05, 3.63) is 28.8 Å². The summed E-state index contributed by atoms with van der Waals surface area (Å²) in [5.74, 6) is 5.68. The summed E-state index contributed by atoms with van der Waals surface area (Å²) in [7, 11) is 1.97. The molecule has 0 bridgehead atoms. The van der Waals surface area contributed by atoms with Crippen LogP contribution >= 0.6 is 0 Å². The summed E-state index contributed by atoms with van der Waals surface area (Å²) < 4.78 is 7.31. The van der Waals surface area contributed by atoms with Gasteiger partial charge in [-0.3, -0.25) is 16.0 Å². The summed E-state index contributed by atoms with van der Waals surface area (Å²) in [5.41, 5.74) is 7.69. The Morgan fingerprint density at radius 3 is 2.83 bits per heavy atom. The molecule has 0 aliphatic carbocycles. The highest BCUT2D eigenvalue weighted by Crippen LogP contribution is 2.21. The number of nitrogens with zero attached hydrogens (tertiary/aromatic N) is 2. The first-order valence-electron chi connectivity index (χ1n) is 6.39. The number of ether oxygens (including phenoxy) is 1. The van der Waals surface area contributed by atoms with E-state index in [2.05, 4.69) is 17.4 Å². The normalized spacial score (nSPS) is 17.2. The van der Waals surface area contributed by atoms with Crippen molar-refractivity contribution in [2.24, 2.45) is 12.9 Å². The maximum absolute atomic E-state index is 5.68. The van der Waals surface area contributed by atoms with Gasteiger partial charge in [0.1, 0.15) is 0 Å². The Morgan fingerprint density at radius 1 is 1.56 bits per heavy atom. The van der Waals surface area contributed by atoms with E-state index in [0.717, 1.165) is 31.6 Å². The molecule has 0 aromatic carbocycles. The standard InChI is InChI=1S/C13H22N4O/c1-9-12(10(2)17(3)16-9)7-13(15-14)11-5-4-6-18-8-11/h8,13,15H,4-7,14H2,1-3H3. The van der Waals surface area contributed by atoms with Crippen LogP contribution in [0.5, 0.6) is 0 Å². The third kappa shape index (κ3) is 2.57. The lowest BCUT2D eigenvalue weighted by molar-refractivity contribution is 0.219. The van der Waals surface area contributed by atoms with E-state index in [9.17, 15) is 0 Å². The van der Waals surface area contributed by atoms with Gasteiger partial charge in [-0.1, -0.05) is 0 Å². The molecular weight excluding hydrogens is 228 g/mol. The van der Waals surface area contributed by atoms with Gasteiger partial charge >= 0.3 is 0 Å². The average molecular weight is 250 g/mol. The average Bonchev–Trinajstić information content (AvgIpc) is 2.62. The molecule has 18 heavy (non-hydrogen) atoms. The molecule has 0 radical (unpaired) electrons. The van der Waals surface area contributed by atoms with E-state index in [0.29, 0.717) is 0 Å². The highest BCUT2D eigenvalue weighted by Gasteiger charge is 2.20. The number of hydrogen-bond acceptors (Lipinski definition) is 4. The lowest BCUT2D eigenvalue weighted by atomic mass is 9.95. The molecule has 0 fully saturated rings. The van der Waals surface area contributed by atoms with Gasteiger partial charge in [-0.05, 0) is 44.2 Å². The second kappa shape index (κ2) is 5.54. The first-order valence-corrected chi connectivity index (χ1v) is 6.39. The molecule has 0 saturated heterocycles. The van der Waals surface area contributed by atoms with Gasteiger partial charge in [0.05, 0.1) is 18.6 Å². The maximum atomic E-state index is 5.68. The van der Waals surface area contributed by atoms with Crippen LogP contribution in [0.25, 0.3) is 0 Å². The number of rotatable bonds is 4. The Morgan fingerprint density at radius 2 is 2.33 bits per heavy atom. The molecule has 1 unspecified atom stereocenters. The van der Waals surface area contributed by atoms with Crippen molar-refractivity contribution in [3.8, 4) is 0 Å². The number of nitrogens with two attached hydrogens (primary N) is 1. The molecule has 0 saturated carbocycles. The van der Waals surface area contributed by atoms with Crippen LogP contribution < -0.4 is 11.3 Å². The predicted octanol–water partition coefficient (Wildman–Crippen LogP) is 1.11. The summed E-state index contributed by atoms with van der Waals surface area (Å²) in [6, 6.07) is 0.131. The molecule has 100 valence electrons.